The molecule has 0 amide bonds. The monoisotopic (exact) mass is 188 g/mol. The third-order valence-electron chi connectivity index (χ3n) is 1.20. The first kappa shape index (κ1) is 12.1. The number of epoxide rings is 1. The normalized spacial score (nSPS) is 18.2. The van der Waals surface area contributed by atoms with Crippen molar-refractivity contribution in [3.8, 4) is 0 Å². The molecular weight excluding hydrogens is 172 g/mol. The van der Waals surface area contributed by atoms with E-state index in [-0.39, 0.29) is 12.2 Å². The third-order valence-corrected chi connectivity index (χ3v) is 1.20. The van der Waals surface area contributed by atoms with Crippen molar-refractivity contribution in [2.75, 3.05) is 13.2 Å². The van der Waals surface area contributed by atoms with Gasteiger partial charge in [0.1, 0.15) is 12.2 Å². The number of esters is 1. The fraction of sp³-hybridized carbons (Fsp3) is 0.778. The van der Waals surface area contributed by atoms with E-state index in [0.717, 1.165) is 6.61 Å². The molecule has 1 aliphatic rings. The summed E-state index contributed by atoms with van der Waals surface area (Å²) in [6.45, 7) is 6.45. The van der Waals surface area contributed by atoms with Crippen molar-refractivity contribution < 1.29 is 19.1 Å². The topological polar surface area (TPSA) is 55.9 Å². The summed E-state index contributed by atoms with van der Waals surface area (Å²) in [6, 6.07) is 0. The van der Waals surface area contributed by atoms with Crippen LogP contribution in [0.15, 0.2) is 0 Å². The van der Waals surface area contributed by atoms with Gasteiger partial charge in [-0.3, -0.25) is 9.59 Å². The number of hydrogen-bond donors (Lipinski definition) is 0. The number of carbonyl (C=O) groups is 2. The molecule has 76 valence electrons. The minimum atomic E-state index is -0.440. The molecule has 0 aromatic rings. The van der Waals surface area contributed by atoms with Crippen LogP contribution in [-0.2, 0) is 19.1 Å². The Bertz CT molecular complexity index is 172. The Labute approximate surface area is 78.2 Å². The lowest BCUT2D eigenvalue weighted by Gasteiger charge is -1.96. The van der Waals surface area contributed by atoms with E-state index in [2.05, 4.69) is 11.7 Å². The number of rotatable bonds is 3. The highest BCUT2D eigenvalue weighted by Gasteiger charge is 2.13. The van der Waals surface area contributed by atoms with Gasteiger partial charge >= 0.3 is 5.97 Å². The minimum Gasteiger partial charge on any atom is -0.466 e. The van der Waals surface area contributed by atoms with E-state index in [1.165, 1.54) is 6.92 Å². The van der Waals surface area contributed by atoms with Gasteiger partial charge in [0.15, 0.2) is 0 Å². The van der Waals surface area contributed by atoms with Crippen LogP contribution in [0.2, 0.25) is 0 Å². The van der Waals surface area contributed by atoms with Gasteiger partial charge in [-0.05, 0) is 20.8 Å². The molecule has 1 rings (SSSR count). The van der Waals surface area contributed by atoms with E-state index in [4.69, 9.17) is 4.74 Å². The van der Waals surface area contributed by atoms with Gasteiger partial charge in [-0.25, -0.2) is 0 Å². The van der Waals surface area contributed by atoms with Crippen LogP contribution >= 0.6 is 0 Å². The molecule has 1 heterocycles. The summed E-state index contributed by atoms with van der Waals surface area (Å²) in [6.07, 6.45) is 0.480. The maximum Gasteiger partial charge on any atom is 0.313 e. The Balaban J connectivity index is 0.000000293. The largest absolute Gasteiger partial charge is 0.466 e. The molecule has 1 atom stereocenters. The molecule has 0 spiro atoms. The van der Waals surface area contributed by atoms with Crippen molar-refractivity contribution >= 4 is 11.8 Å². The van der Waals surface area contributed by atoms with Crippen molar-refractivity contribution in [3.63, 3.8) is 0 Å². The predicted octanol–water partition coefficient (Wildman–Crippen LogP) is 0.934. The zero-order valence-corrected chi connectivity index (χ0v) is 8.33. The summed E-state index contributed by atoms with van der Waals surface area (Å²) in [4.78, 5) is 20.6. The molecule has 1 unspecified atom stereocenters. The molecule has 0 aliphatic carbocycles. The number of Topliss-reactive ketones (excluding diaryl/α,β-unsaturated/α-hetero) is 1. The van der Waals surface area contributed by atoms with E-state index in [1.54, 1.807) is 6.92 Å². The lowest BCUT2D eigenvalue weighted by atomic mass is 10.3. The Kier molecular flexibility index (Phi) is 6.14. The number of ketones is 1. The lowest BCUT2D eigenvalue weighted by Crippen LogP contribution is -2.07. The molecular formula is C9H16O4. The summed E-state index contributed by atoms with van der Waals surface area (Å²) >= 11 is 0. The van der Waals surface area contributed by atoms with Crippen molar-refractivity contribution in [1.82, 2.24) is 0 Å². The van der Waals surface area contributed by atoms with E-state index in [0.29, 0.717) is 12.7 Å². The van der Waals surface area contributed by atoms with E-state index < -0.39 is 5.97 Å². The highest BCUT2D eigenvalue weighted by Crippen LogP contribution is 2.04. The fourth-order valence-electron chi connectivity index (χ4n) is 0.512. The molecule has 1 aliphatic heterocycles. The van der Waals surface area contributed by atoms with Crippen LogP contribution in [0.4, 0.5) is 0 Å². The van der Waals surface area contributed by atoms with Gasteiger partial charge in [0.05, 0.1) is 19.3 Å². The molecule has 1 saturated heterocycles. The maximum absolute atomic E-state index is 10.4. The maximum atomic E-state index is 10.4. The molecule has 4 heteroatoms. The summed E-state index contributed by atoms with van der Waals surface area (Å²) in [7, 11) is 0. The second-order valence-corrected chi connectivity index (χ2v) is 2.83. The van der Waals surface area contributed by atoms with Crippen LogP contribution in [0.3, 0.4) is 0 Å². The molecule has 0 aromatic heterocycles. The van der Waals surface area contributed by atoms with Gasteiger partial charge < -0.3 is 9.47 Å². The van der Waals surface area contributed by atoms with E-state index >= 15 is 0 Å². The van der Waals surface area contributed by atoms with Gasteiger partial charge in [0.25, 0.3) is 0 Å². The van der Waals surface area contributed by atoms with Crippen molar-refractivity contribution in [3.05, 3.63) is 0 Å². The first-order valence-electron chi connectivity index (χ1n) is 4.33. The van der Waals surface area contributed by atoms with E-state index in [9.17, 15) is 9.59 Å². The van der Waals surface area contributed by atoms with Crippen molar-refractivity contribution in [2.24, 2.45) is 0 Å². The van der Waals surface area contributed by atoms with Gasteiger partial charge in [0.2, 0.25) is 0 Å². The lowest BCUT2D eigenvalue weighted by molar-refractivity contribution is -0.145. The Morgan fingerprint density at radius 1 is 1.54 bits per heavy atom. The number of carbonyl (C=O) groups excluding carboxylic acids is 2. The van der Waals surface area contributed by atoms with Crippen LogP contribution in [0.5, 0.6) is 0 Å². The predicted molar refractivity (Wildman–Crippen MR) is 47.3 cm³/mol. The van der Waals surface area contributed by atoms with Gasteiger partial charge in [-0.2, -0.15) is 0 Å². The van der Waals surface area contributed by atoms with Crippen LogP contribution in [0.1, 0.15) is 27.2 Å². The highest BCUT2D eigenvalue weighted by molar-refractivity contribution is 5.94. The zero-order chi connectivity index (χ0) is 10.3. The summed E-state index contributed by atoms with van der Waals surface area (Å²) in [5, 5.41) is 0. The summed E-state index contributed by atoms with van der Waals surface area (Å²) in [5.74, 6) is -0.599. The van der Waals surface area contributed by atoms with Gasteiger partial charge in [-0.15, -0.1) is 0 Å². The van der Waals surface area contributed by atoms with Crippen LogP contribution < -0.4 is 0 Å². The van der Waals surface area contributed by atoms with Crippen molar-refractivity contribution in [2.45, 2.75) is 33.3 Å². The molecule has 1 fully saturated rings. The second-order valence-electron chi connectivity index (χ2n) is 2.83. The zero-order valence-electron chi connectivity index (χ0n) is 8.33. The van der Waals surface area contributed by atoms with Gasteiger partial charge in [-0.1, -0.05) is 0 Å². The Hall–Kier alpha value is -0.900. The molecule has 0 N–H and O–H groups in total. The molecule has 4 nitrogen and oxygen atoms in total. The summed E-state index contributed by atoms with van der Waals surface area (Å²) in [5.41, 5.74) is 0. The highest BCUT2D eigenvalue weighted by atomic mass is 16.6. The standard InChI is InChI=1S/C6H10O3.C3H6O/c1-3-9-6(8)4-5(2)7;1-3-2-4-3/h3-4H2,1-2H3;3H,2H2,1H3. The second kappa shape index (κ2) is 6.60. The minimum absolute atomic E-state index is 0.103. The quantitative estimate of drug-likeness (QED) is 0.375. The molecule has 0 aromatic carbocycles. The molecule has 13 heavy (non-hydrogen) atoms. The van der Waals surface area contributed by atoms with Crippen molar-refractivity contribution in [1.29, 1.82) is 0 Å². The molecule has 0 radical (unpaired) electrons. The first-order chi connectivity index (χ1) is 6.06. The van der Waals surface area contributed by atoms with Crippen LogP contribution in [0.25, 0.3) is 0 Å². The number of ether oxygens (including phenoxy) is 2. The Morgan fingerprint density at radius 2 is 2.00 bits per heavy atom. The average Bonchev–Trinajstić information content (AvgIpc) is 2.71. The molecule has 0 bridgehead atoms. The molecule has 0 saturated carbocycles. The first-order valence-corrected chi connectivity index (χ1v) is 4.33. The van der Waals surface area contributed by atoms with E-state index in [1.807, 2.05) is 0 Å². The average molecular weight is 188 g/mol. The Morgan fingerprint density at radius 3 is 2.23 bits per heavy atom. The SMILES string of the molecule is CC1CO1.CCOC(=O)CC(C)=O. The van der Waals surface area contributed by atoms with Gasteiger partial charge in [0, 0.05) is 0 Å². The van der Waals surface area contributed by atoms with Crippen LogP contribution in [0, 0.1) is 0 Å². The van der Waals surface area contributed by atoms with Crippen LogP contribution in [-0.4, -0.2) is 31.1 Å². The number of hydrogen-bond acceptors (Lipinski definition) is 4. The third kappa shape index (κ3) is 11.1. The smallest absolute Gasteiger partial charge is 0.313 e. The fourth-order valence-corrected chi connectivity index (χ4v) is 0.512. The summed E-state index contributed by atoms with van der Waals surface area (Å²) < 4.78 is 9.20.